The molecule has 2 rings (SSSR count). The number of imidazole rings is 1. The fourth-order valence-corrected chi connectivity index (χ4v) is 2.05. The van der Waals surface area contributed by atoms with Crippen LogP contribution in [0.5, 0.6) is 0 Å². The van der Waals surface area contributed by atoms with Gasteiger partial charge < -0.3 is 15.6 Å². The topological polar surface area (TPSA) is 72.9 Å². The number of nitrogens with zero attached hydrogens (tertiary/aromatic N) is 2. The molecule has 21 heavy (non-hydrogen) atoms. The zero-order chi connectivity index (χ0) is 15.5. The molecule has 2 unspecified atom stereocenters. The predicted molar refractivity (Wildman–Crippen MR) is 82.5 cm³/mol. The first-order valence-corrected chi connectivity index (χ1v) is 7.07. The van der Waals surface area contributed by atoms with Gasteiger partial charge in [-0.25, -0.2) is 4.98 Å². The van der Waals surface area contributed by atoms with E-state index in [1.54, 1.807) is 13.1 Å². The van der Waals surface area contributed by atoms with Crippen molar-refractivity contribution in [2.24, 2.45) is 12.8 Å². The van der Waals surface area contributed by atoms with E-state index in [0.717, 1.165) is 11.4 Å². The van der Waals surface area contributed by atoms with Gasteiger partial charge in [0.25, 0.3) is 0 Å². The summed E-state index contributed by atoms with van der Waals surface area (Å²) in [7, 11) is 1.91. The van der Waals surface area contributed by atoms with Crippen molar-refractivity contribution in [3.63, 3.8) is 0 Å². The summed E-state index contributed by atoms with van der Waals surface area (Å²) in [6.07, 6.45) is 4.15. The number of nitrogens with two attached hydrogens (primary N) is 1. The van der Waals surface area contributed by atoms with Gasteiger partial charge in [-0.1, -0.05) is 37.3 Å². The third-order valence-corrected chi connectivity index (χ3v) is 3.78. The van der Waals surface area contributed by atoms with Gasteiger partial charge in [-0.3, -0.25) is 4.79 Å². The Kier molecular flexibility index (Phi) is 4.43. The molecule has 0 saturated heterocycles. The first-order chi connectivity index (χ1) is 9.95. The number of aryl methyl sites for hydroxylation is 1. The highest BCUT2D eigenvalue weighted by Crippen LogP contribution is 2.21. The average Bonchev–Trinajstić information content (AvgIpc) is 2.91. The Bertz CT molecular complexity index is 604. The van der Waals surface area contributed by atoms with E-state index in [4.69, 9.17) is 5.73 Å². The van der Waals surface area contributed by atoms with E-state index in [1.165, 1.54) is 0 Å². The fraction of sp³-hybridized carbons (Fsp3) is 0.375. The number of amides is 1. The maximum atomic E-state index is 12.4. The van der Waals surface area contributed by atoms with Crippen molar-refractivity contribution in [3.8, 4) is 0 Å². The summed E-state index contributed by atoms with van der Waals surface area (Å²) in [5.74, 6) is 0.600. The molecule has 0 bridgehead atoms. The smallest absolute Gasteiger partial charge is 0.240 e. The number of hydrogen-bond acceptors (Lipinski definition) is 3. The van der Waals surface area contributed by atoms with Crippen LogP contribution in [0.1, 0.15) is 37.7 Å². The Morgan fingerprint density at radius 2 is 2.10 bits per heavy atom. The second-order valence-corrected chi connectivity index (χ2v) is 5.48. The molecule has 0 radical (unpaired) electrons. The van der Waals surface area contributed by atoms with Crippen LogP contribution in [-0.2, 0) is 11.8 Å². The van der Waals surface area contributed by atoms with E-state index in [-0.39, 0.29) is 11.9 Å². The molecule has 0 aliphatic rings. The number of nitrogens with one attached hydrogen (secondary N) is 1. The van der Waals surface area contributed by atoms with E-state index in [0.29, 0.717) is 6.42 Å². The summed E-state index contributed by atoms with van der Waals surface area (Å²) in [6, 6.07) is 9.46. The van der Waals surface area contributed by atoms with Crippen molar-refractivity contribution < 1.29 is 4.79 Å². The van der Waals surface area contributed by atoms with Gasteiger partial charge in [0.1, 0.15) is 11.9 Å². The molecule has 0 saturated carbocycles. The zero-order valence-corrected chi connectivity index (χ0v) is 12.7. The third-order valence-electron chi connectivity index (χ3n) is 3.78. The van der Waals surface area contributed by atoms with E-state index in [1.807, 2.05) is 55.1 Å². The minimum absolute atomic E-state index is 0.179. The molecule has 0 spiro atoms. The van der Waals surface area contributed by atoms with E-state index >= 15 is 0 Å². The van der Waals surface area contributed by atoms with Crippen molar-refractivity contribution in [1.82, 2.24) is 14.9 Å². The lowest BCUT2D eigenvalue weighted by atomic mass is 9.97. The molecule has 0 fully saturated rings. The molecule has 1 amide bonds. The first-order valence-electron chi connectivity index (χ1n) is 7.07. The summed E-state index contributed by atoms with van der Waals surface area (Å²) >= 11 is 0. The Morgan fingerprint density at radius 3 is 2.62 bits per heavy atom. The van der Waals surface area contributed by atoms with Crippen LogP contribution in [0.25, 0.3) is 0 Å². The number of aromatic nitrogens is 2. The molecule has 1 aromatic carbocycles. The molecule has 2 aromatic rings. The minimum atomic E-state index is -0.891. The van der Waals surface area contributed by atoms with Gasteiger partial charge in [-0.2, -0.15) is 0 Å². The van der Waals surface area contributed by atoms with E-state index in [2.05, 4.69) is 10.3 Å². The van der Waals surface area contributed by atoms with Crippen LogP contribution in [-0.4, -0.2) is 21.0 Å². The number of rotatable bonds is 5. The number of hydrogen-bond donors (Lipinski definition) is 2. The molecule has 112 valence electrons. The summed E-state index contributed by atoms with van der Waals surface area (Å²) in [4.78, 5) is 16.8. The van der Waals surface area contributed by atoms with Gasteiger partial charge in [0, 0.05) is 19.4 Å². The molecule has 5 nitrogen and oxygen atoms in total. The summed E-state index contributed by atoms with van der Waals surface area (Å²) < 4.78 is 1.90. The molecule has 1 heterocycles. The molecule has 1 aromatic heterocycles. The van der Waals surface area contributed by atoms with Gasteiger partial charge in [0.05, 0.1) is 5.54 Å². The molecule has 0 aliphatic carbocycles. The predicted octanol–water partition coefficient (Wildman–Crippen LogP) is 1.75. The van der Waals surface area contributed by atoms with E-state index < -0.39 is 5.54 Å². The number of benzene rings is 1. The standard InChI is InChI=1S/C16H22N4O/c1-4-16(2,17)15(21)19-13(12-8-6-5-7-9-12)14-18-10-11-20(14)3/h5-11,13H,4,17H2,1-3H3,(H,19,21). The lowest BCUT2D eigenvalue weighted by molar-refractivity contribution is -0.126. The van der Waals surface area contributed by atoms with Gasteiger partial charge in [0.15, 0.2) is 0 Å². The second-order valence-electron chi connectivity index (χ2n) is 5.48. The van der Waals surface area contributed by atoms with Crippen LogP contribution in [0.15, 0.2) is 42.7 Å². The van der Waals surface area contributed by atoms with Crippen molar-refractivity contribution in [3.05, 3.63) is 54.1 Å². The summed E-state index contributed by atoms with van der Waals surface area (Å²) in [6.45, 7) is 3.64. The van der Waals surface area contributed by atoms with Crippen molar-refractivity contribution in [1.29, 1.82) is 0 Å². The van der Waals surface area contributed by atoms with Gasteiger partial charge in [-0.05, 0) is 18.9 Å². The summed E-state index contributed by atoms with van der Waals surface area (Å²) in [5, 5.41) is 3.02. The first kappa shape index (κ1) is 15.3. The lowest BCUT2D eigenvalue weighted by Gasteiger charge is -2.26. The molecule has 3 N–H and O–H groups in total. The van der Waals surface area contributed by atoms with Gasteiger partial charge in [0.2, 0.25) is 5.91 Å². The maximum absolute atomic E-state index is 12.4. The number of carbonyl (C=O) groups excluding carboxylic acids is 1. The highest BCUT2D eigenvalue weighted by atomic mass is 16.2. The molecular formula is C16H22N4O. The highest BCUT2D eigenvalue weighted by Gasteiger charge is 2.30. The molecular weight excluding hydrogens is 264 g/mol. The fourth-order valence-electron chi connectivity index (χ4n) is 2.05. The van der Waals surface area contributed by atoms with Crippen LogP contribution >= 0.6 is 0 Å². The second kappa shape index (κ2) is 6.10. The van der Waals surface area contributed by atoms with E-state index in [9.17, 15) is 4.79 Å². The Balaban J connectivity index is 2.35. The molecule has 0 aliphatic heterocycles. The zero-order valence-electron chi connectivity index (χ0n) is 12.7. The number of carbonyl (C=O) groups is 1. The van der Waals surface area contributed by atoms with Crippen LogP contribution in [0, 0.1) is 0 Å². The van der Waals surface area contributed by atoms with Crippen molar-refractivity contribution in [2.45, 2.75) is 31.8 Å². The Labute approximate surface area is 125 Å². The quantitative estimate of drug-likeness (QED) is 0.879. The molecule has 2 atom stereocenters. The third kappa shape index (κ3) is 3.31. The van der Waals surface area contributed by atoms with Crippen LogP contribution in [0.4, 0.5) is 0 Å². The minimum Gasteiger partial charge on any atom is -0.340 e. The van der Waals surface area contributed by atoms with Crippen molar-refractivity contribution >= 4 is 5.91 Å². The monoisotopic (exact) mass is 286 g/mol. The lowest BCUT2D eigenvalue weighted by Crippen LogP contribution is -2.52. The SMILES string of the molecule is CCC(C)(N)C(=O)NC(c1ccccc1)c1nccn1C. The summed E-state index contributed by atoms with van der Waals surface area (Å²) in [5.41, 5.74) is 6.13. The van der Waals surface area contributed by atoms with Crippen LogP contribution < -0.4 is 11.1 Å². The Morgan fingerprint density at radius 1 is 1.43 bits per heavy atom. The van der Waals surface area contributed by atoms with Crippen LogP contribution in [0.2, 0.25) is 0 Å². The maximum Gasteiger partial charge on any atom is 0.240 e. The normalized spacial score (nSPS) is 15.2. The van der Waals surface area contributed by atoms with Crippen molar-refractivity contribution in [2.75, 3.05) is 0 Å². The van der Waals surface area contributed by atoms with Gasteiger partial charge in [-0.15, -0.1) is 0 Å². The van der Waals surface area contributed by atoms with Crippen LogP contribution in [0.3, 0.4) is 0 Å². The highest BCUT2D eigenvalue weighted by molar-refractivity contribution is 5.86. The average molecular weight is 286 g/mol. The molecule has 5 heteroatoms. The largest absolute Gasteiger partial charge is 0.340 e. The Hall–Kier alpha value is -2.14. The van der Waals surface area contributed by atoms with Gasteiger partial charge >= 0.3 is 0 Å².